The van der Waals surface area contributed by atoms with E-state index in [0.717, 1.165) is 24.9 Å². The first kappa shape index (κ1) is 14.9. The summed E-state index contributed by atoms with van der Waals surface area (Å²) in [6, 6.07) is 10.5. The average molecular weight is 280 g/mol. The van der Waals surface area contributed by atoms with Gasteiger partial charge in [0.05, 0.1) is 26.3 Å². The number of hydrogen-bond donors (Lipinski definition) is 1. The number of benzene rings is 1. The van der Waals surface area contributed by atoms with Crippen molar-refractivity contribution in [1.29, 1.82) is 0 Å². The summed E-state index contributed by atoms with van der Waals surface area (Å²) in [6.45, 7) is 8.01. The minimum absolute atomic E-state index is 0.864. The lowest BCUT2D eigenvalue weighted by atomic mass is 9.99. The summed E-state index contributed by atoms with van der Waals surface area (Å²) >= 11 is 1.87. The summed E-state index contributed by atoms with van der Waals surface area (Å²) in [5, 5.41) is 0. The van der Waals surface area contributed by atoms with Gasteiger partial charge in [0.15, 0.2) is 0 Å². The molecule has 1 fully saturated rings. The van der Waals surface area contributed by atoms with Crippen molar-refractivity contribution < 1.29 is 9.64 Å². The molecule has 2 rings (SSSR count). The van der Waals surface area contributed by atoms with Crippen LogP contribution in [-0.2, 0) is 4.74 Å². The number of thioether (sulfide) groups is 1. The van der Waals surface area contributed by atoms with E-state index >= 15 is 0 Å². The first-order valence-corrected chi connectivity index (χ1v) is 8.42. The van der Waals surface area contributed by atoms with Gasteiger partial charge in [0.2, 0.25) is 0 Å². The Morgan fingerprint density at radius 2 is 1.89 bits per heavy atom. The van der Waals surface area contributed by atoms with Crippen LogP contribution in [0, 0.1) is 5.92 Å². The number of quaternary nitrogens is 1. The van der Waals surface area contributed by atoms with Crippen LogP contribution in [0.5, 0.6) is 0 Å². The van der Waals surface area contributed by atoms with Crippen LogP contribution in [0.2, 0.25) is 0 Å². The Kier molecular flexibility index (Phi) is 6.75. The molecule has 1 saturated heterocycles. The van der Waals surface area contributed by atoms with Crippen LogP contribution in [0.3, 0.4) is 0 Å². The van der Waals surface area contributed by atoms with Crippen LogP contribution in [-0.4, -0.2) is 38.6 Å². The van der Waals surface area contributed by atoms with E-state index in [0.29, 0.717) is 0 Å². The summed E-state index contributed by atoms with van der Waals surface area (Å²) in [6.07, 6.45) is 2.78. The highest BCUT2D eigenvalue weighted by Crippen LogP contribution is 2.16. The van der Waals surface area contributed by atoms with Crippen LogP contribution >= 0.6 is 11.8 Å². The maximum atomic E-state index is 5.74. The van der Waals surface area contributed by atoms with E-state index < -0.39 is 0 Å². The molecule has 0 amide bonds. The molecule has 0 aromatic heterocycles. The van der Waals surface area contributed by atoms with Gasteiger partial charge in [0, 0.05) is 10.6 Å². The van der Waals surface area contributed by atoms with E-state index in [1.807, 2.05) is 11.8 Å². The van der Waals surface area contributed by atoms with Gasteiger partial charge in [-0.05, 0) is 30.9 Å². The highest BCUT2D eigenvalue weighted by atomic mass is 32.2. The van der Waals surface area contributed by atoms with Gasteiger partial charge in [-0.15, -0.1) is 11.8 Å². The van der Waals surface area contributed by atoms with Gasteiger partial charge in [-0.25, -0.2) is 0 Å². The molecular weight excluding hydrogens is 254 g/mol. The fourth-order valence-corrected chi connectivity index (χ4v) is 3.26. The fraction of sp³-hybridized carbons (Fsp3) is 0.625. The second-order valence-corrected chi connectivity index (χ2v) is 6.62. The van der Waals surface area contributed by atoms with Crippen molar-refractivity contribution in [2.45, 2.75) is 24.7 Å². The zero-order valence-electron chi connectivity index (χ0n) is 11.9. The highest BCUT2D eigenvalue weighted by molar-refractivity contribution is 7.99. The van der Waals surface area contributed by atoms with Crippen LogP contribution < -0.4 is 4.90 Å². The van der Waals surface area contributed by atoms with E-state index in [1.54, 1.807) is 4.90 Å². The molecule has 1 N–H and O–H groups in total. The van der Waals surface area contributed by atoms with Crippen LogP contribution in [0.4, 0.5) is 0 Å². The largest absolute Gasteiger partial charge is 0.375 e. The molecule has 0 saturated carbocycles. The Morgan fingerprint density at radius 3 is 2.63 bits per heavy atom. The molecule has 1 aliphatic rings. The molecule has 2 nitrogen and oxygen atoms in total. The zero-order chi connectivity index (χ0) is 13.3. The van der Waals surface area contributed by atoms with Gasteiger partial charge in [-0.1, -0.05) is 25.1 Å². The number of rotatable bonds is 7. The van der Waals surface area contributed by atoms with E-state index in [2.05, 4.69) is 37.3 Å². The summed E-state index contributed by atoms with van der Waals surface area (Å²) < 4.78 is 5.74. The number of likely N-dealkylation sites (tertiary alicyclic amines) is 1. The molecule has 0 aliphatic carbocycles. The summed E-state index contributed by atoms with van der Waals surface area (Å²) in [7, 11) is 0. The third kappa shape index (κ3) is 5.98. The number of hydrogen-bond acceptors (Lipinski definition) is 2. The molecular formula is C16H26NOS+. The maximum Gasteiger partial charge on any atom is 0.101 e. The second-order valence-electron chi connectivity index (χ2n) is 5.46. The van der Waals surface area contributed by atoms with Crippen molar-refractivity contribution in [3.63, 3.8) is 0 Å². The lowest BCUT2D eigenvalue weighted by Gasteiger charge is -2.27. The monoisotopic (exact) mass is 280 g/mol. The average Bonchev–Trinajstić information content (AvgIpc) is 2.46. The third-order valence-corrected chi connectivity index (χ3v) is 4.80. The van der Waals surface area contributed by atoms with Crippen molar-refractivity contribution in [1.82, 2.24) is 0 Å². The van der Waals surface area contributed by atoms with Crippen LogP contribution in [0.1, 0.15) is 19.8 Å². The number of nitrogens with one attached hydrogen (secondary N) is 1. The van der Waals surface area contributed by atoms with Crippen LogP contribution in [0.15, 0.2) is 35.2 Å². The van der Waals surface area contributed by atoms with E-state index in [4.69, 9.17) is 4.74 Å². The van der Waals surface area contributed by atoms with E-state index in [1.165, 1.54) is 37.4 Å². The van der Waals surface area contributed by atoms with Crippen molar-refractivity contribution in [2.24, 2.45) is 5.92 Å². The highest BCUT2D eigenvalue weighted by Gasteiger charge is 2.17. The topological polar surface area (TPSA) is 13.7 Å². The molecule has 1 aromatic carbocycles. The van der Waals surface area contributed by atoms with E-state index in [-0.39, 0.29) is 0 Å². The molecule has 0 spiro atoms. The Labute approximate surface area is 121 Å². The summed E-state index contributed by atoms with van der Waals surface area (Å²) in [5.41, 5.74) is 0. The number of piperidine rings is 1. The molecule has 19 heavy (non-hydrogen) atoms. The van der Waals surface area contributed by atoms with Gasteiger partial charge in [-0.3, -0.25) is 0 Å². The molecule has 0 atom stereocenters. The predicted molar refractivity (Wildman–Crippen MR) is 81.9 cm³/mol. The molecule has 1 aromatic rings. The first-order chi connectivity index (χ1) is 9.34. The third-order valence-electron chi connectivity index (χ3n) is 3.82. The van der Waals surface area contributed by atoms with Gasteiger partial charge >= 0.3 is 0 Å². The molecule has 106 valence electrons. The zero-order valence-corrected chi connectivity index (χ0v) is 12.8. The maximum absolute atomic E-state index is 5.74. The molecule has 1 aliphatic heterocycles. The molecule has 3 heteroatoms. The van der Waals surface area contributed by atoms with E-state index in [9.17, 15) is 0 Å². The van der Waals surface area contributed by atoms with Crippen molar-refractivity contribution in [3.05, 3.63) is 30.3 Å². The summed E-state index contributed by atoms with van der Waals surface area (Å²) in [5.74, 6) is 1.99. The quantitative estimate of drug-likeness (QED) is 0.607. The molecule has 0 unspecified atom stereocenters. The molecule has 1 heterocycles. The van der Waals surface area contributed by atoms with Crippen molar-refractivity contribution in [3.8, 4) is 0 Å². The standard InChI is InChI=1S/C16H25NOS/c1-15-7-9-17(10-8-15)11-12-18-13-14-19-16-5-3-2-4-6-16/h2-6,15H,7-14H2,1H3/p+1. The van der Waals surface area contributed by atoms with Gasteiger partial charge in [0.1, 0.15) is 6.54 Å². The number of ether oxygens (including phenoxy) is 1. The van der Waals surface area contributed by atoms with Crippen molar-refractivity contribution in [2.75, 3.05) is 38.6 Å². The SMILES string of the molecule is CC1CC[NH+](CCOCCSc2ccccc2)CC1. The Bertz CT molecular complexity index is 336. The second kappa shape index (κ2) is 8.62. The Balaban J connectivity index is 1.46. The normalized spacial score (nSPS) is 23.4. The smallest absolute Gasteiger partial charge is 0.101 e. The minimum Gasteiger partial charge on any atom is -0.375 e. The van der Waals surface area contributed by atoms with Crippen LogP contribution in [0.25, 0.3) is 0 Å². The van der Waals surface area contributed by atoms with Crippen molar-refractivity contribution >= 4 is 11.8 Å². The lowest BCUT2D eigenvalue weighted by molar-refractivity contribution is -0.906. The lowest BCUT2D eigenvalue weighted by Crippen LogP contribution is -3.13. The molecule has 0 radical (unpaired) electrons. The van der Waals surface area contributed by atoms with Gasteiger partial charge in [-0.2, -0.15) is 0 Å². The van der Waals surface area contributed by atoms with Gasteiger partial charge < -0.3 is 9.64 Å². The summed E-state index contributed by atoms with van der Waals surface area (Å²) in [4.78, 5) is 3.07. The first-order valence-electron chi connectivity index (χ1n) is 7.44. The predicted octanol–water partition coefficient (Wildman–Crippen LogP) is 2.11. The Hall–Kier alpha value is -0.510. The Morgan fingerprint density at radius 1 is 1.16 bits per heavy atom. The van der Waals surface area contributed by atoms with Gasteiger partial charge in [0.25, 0.3) is 0 Å². The fourth-order valence-electron chi connectivity index (χ4n) is 2.47. The minimum atomic E-state index is 0.864. The molecule has 0 bridgehead atoms.